The smallest absolute Gasteiger partial charge is 0.320 e. The van der Waals surface area contributed by atoms with E-state index in [2.05, 4.69) is 15.5 Å². The van der Waals surface area contributed by atoms with Gasteiger partial charge in [0.1, 0.15) is 29.1 Å². The number of ether oxygens (including phenoxy) is 2. The van der Waals surface area contributed by atoms with Crippen molar-refractivity contribution in [3.8, 4) is 22.8 Å². The summed E-state index contributed by atoms with van der Waals surface area (Å²) in [6.07, 6.45) is 5.33. The van der Waals surface area contributed by atoms with Crippen molar-refractivity contribution in [1.82, 2.24) is 15.1 Å². The average Bonchev–Trinajstić information content (AvgIpc) is 2.90. The zero-order valence-electron chi connectivity index (χ0n) is 19.9. The maximum Gasteiger partial charge on any atom is 0.320 e. The molecular formula is C25H34N4O5. The molecule has 0 amide bonds. The number of hydrogen-bond acceptors (Lipinski definition) is 8. The van der Waals surface area contributed by atoms with Gasteiger partial charge in [-0.3, -0.25) is 9.69 Å². The molecule has 3 heterocycles. The lowest BCUT2D eigenvalue weighted by Crippen LogP contribution is -2.45. The number of piperidine rings is 1. The fraction of sp³-hybridized carbons (Fsp3) is 0.560. The van der Waals surface area contributed by atoms with Crippen molar-refractivity contribution in [2.45, 2.75) is 51.2 Å². The Bertz CT molecular complexity index is 1020. The predicted molar refractivity (Wildman–Crippen MR) is 128 cm³/mol. The van der Waals surface area contributed by atoms with Crippen LogP contribution in [-0.4, -0.2) is 71.2 Å². The Balaban J connectivity index is 1.40. The summed E-state index contributed by atoms with van der Waals surface area (Å²) in [4.78, 5) is 13.2. The summed E-state index contributed by atoms with van der Waals surface area (Å²) in [6.45, 7) is 2.61. The lowest BCUT2D eigenvalue weighted by Gasteiger charge is -2.34. The van der Waals surface area contributed by atoms with E-state index in [1.807, 2.05) is 24.1 Å². The SMILES string of the molecule is COc1cc(O)c2c(c1)COCCCc1cc(NCCC[C@@H]3CC[C@H](C(=O)O)N(C)C3)nnc1-2. The number of likely N-dealkylation sites (N-methyl/N-ethyl adjacent to an activating group) is 1. The topological polar surface area (TPSA) is 117 Å². The molecule has 184 valence electrons. The van der Waals surface area contributed by atoms with E-state index in [-0.39, 0.29) is 11.8 Å². The molecule has 34 heavy (non-hydrogen) atoms. The molecule has 2 aliphatic heterocycles. The zero-order chi connectivity index (χ0) is 24.1. The molecule has 0 bridgehead atoms. The number of benzene rings is 1. The van der Waals surface area contributed by atoms with E-state index in [0.717, 1.165) is 62.1 Å². The predicted octanol–water partition coefficient (Wildman–Crippen LogP) is 3.31. The number of aromatic nitrogens is 2. The number of phenols is 1. The van der Waals surface area contributed by atoms with Crippen molar-refractivity contribution in [2.75, 3.05) is 39.2 Å². The minimum atomic E-state index is -0.725. The summed E-state index contributed by atoms with van der Waals surface area (Å²) in [5.74, 6) is 1.20. The Labute approximate surface area is 200 Å². The lowest BCUT2D eigenvalue weighted by molar-refractivity contribution is -0.144. The molecule has 1 aromatic heterocycles. The van der Waals surface area contributed by atoms with E-state index in [4.69, 9.17) is 9.47 Å². The molecule has 1 fully saturated rings. The molecule has 9 nitrogen and oxygen atoms in total. The van der Waals surface area contributed by atoms with Gasteiger partial charge in [0, 0.05) is 31.3 Å². The Morgan fingerprint density at radius 2 is 2.12 bits per heavy atom. The van der Waals surface area contributed by atoms with E-state index in [0.29, 0.717) is 42.6 Å². The summed E-state index contributed by atoms with van der Waals surface area (Å²) >= 11 is 0. The third kappa shape index (κ3) is 5.59. The molecule has 2 aliphatic rings. The van der Waals surface area contributed by atoms with Crippen molar-refractivity contribution in [3.63, 3.8) is 0 Å². The van der Waals surface area contributed by atoms with Crippen molar-refractivity contribution >= 4 is 11.8 Å². The number of nitrogens with zero attached hydrogens (tertiary/aromatic N) is 3. The van der Waals surface area contributed by atoms with Crippen LogP contribution in [0.3, 0.4) is 0 Å². The van der Waals surface area contributed by atoms with Gasteiger partial charge in [0.15, 0.2) is 0 Å². The second-order valence-electron chi connectivity index (χ2n) is 9.25. The molecule has 3 N–H and O–H groups in total. The van der Waals surface area contributed by atoms with Gasteiger partial charge in [-0.25, -0.2) is 0 Å². The standard InChI is InChI=1S/C25H34N4O5/c1-29-14-16(7-8-20(29)25(31)32)5-3-9-26-22-12-17-6-4-10-34-15-18-11-19(33-2)13-21(30)23(18)24(17)28-27-22/h11-13,16,20,30H,3-10,14-15H2,1-2H3,(H,26,27)(H,31,32)/t16-,20-/m1/s1. The second kappa shape index (κ2) is 11.0. The highest BCUT2D eigenvalue weighted by atomic mass is 16.5. The summed E-state index contributed by atoms with van der Waals surface area (Å²) < 4.78 is 11.1. The van der Waals surface area contributed by atoms with E-state index in [1.54, 1.807) is 13.2 Å². The van der Waals surface area contributed by atoms with Gasteiger partial charge in [-0.2, -0.15) is 0 Å². The molecule has 9 heteroatoms. The van der Waals surface area contributed by atoms with Crippen molar-refractivity contribution in [3.05, 3.63) is 29.3 Å². The summed E-state index contributed by atoms with van der Waals surface area (Å²) in [7, 11) is 3.47. The van der Waals surface area contributed by atoms with Crippen LogP contribution in [0.15, 0.2) is 18.2 Å². The number of rotatable bonds is 7. The van der Waals surface area contributed by atoms with Gasteiger partial charge in [-0.05, 0) is 74.8 Å². The molecule has 1 aromatic carbocycles. The number of carboxylic acids is 1. The fourth-order valence-corrected chi connectivity index (χ4v) is 5.02. The van der Waals surface area contributed by atoms with Gasteiger partial charge in [0.25, 0.3) is 0 Å². The van der Waals surface area contributed by atoms with Crippen molar-refractivity contribution in [2.24, 2.45) is 5.92 Å². The highest BCUT2D eigenvalue weighted by molar-refractivity contribution is 5.75. The minimum absolute atomic E-state index is 0.110. The van der Waals surface area contributed by atoms with E-state index < -0.39 is 5.97 Å². The van der Waals surface area contributed by atoms with Crippen LogP contribution in [0.2, 0.25) is 0 Å². The van der Waals surface area contributed by atoms with Crippen LogP contribution in [-0.2, 0) is 22.6 Å². The first kappa shape index (κ1) is 24.2. The van der Waals surface area contributed by atoms with Crippen LogP contribution in [0.5, 0.6) is 11.5 Å². The monoisotopic (exact) mass is 470 g/mol. The quantitative estimate of drug-likeness (QED) is 0.524. The van der Waals surface area contributed by atoms with Gasteiger partial charge in [-0.15, -0.1) is 10.2 Å². The number of fused-ring (bicyclic) bond motifs is 3. The molecule has 0 radical (unpaired) electrons. The number of nitrogens with one attached hydrogen (secondary N) is 1. The largest absolute Gasteiger partial charge is 0.507 e. The fourth-order valence-electron chi connectivity index (χ4n) is 5.02. The van der Waals surface area contributed by atoms with Crippen LogP contribution >= 0.6 is 0 Å². The first-order valence-electron chi connectivity index (χ1n) is 12.0. The molecule has 4 rings (SSSR count). The average molecular weight is 471 g/mol. The summed E-state index contributed by atoms with van der Waals surface area (Å²) in [5, 5.41) is 32.2. The highest BCUT2D eigenvalue weighted by Crippen LogP contribution is 2.38. The normalized spacial score (nSPS) is 20.9. The van der Waals surface area contributed by atoms with Gasteiger partial charge < -0.3 is 25.0 Å². The van der Waals surface area contributed by atoms with Crippen LogP contribution < -0.4 is 10.1 Å². The number of phenolic OH excluding ortho intramolecular Hbond substituents is 1. The number of aromatic hydroxyl groups is 1. The Morgan fingerprint density at radius 1 is 1.26 bits per heavy atom. The molecule has 0 aliphatic carbocycles. The minimum Gasteiger partial charge on any atom is -0.507 e. The van der Waals surface area contributed by atoms with Gasteiger partial charge in [-0.1, -0.05) is 0 Å². The molecule has 1 saturated heterocycles. The molecule has 0 saturated carbocycles. The summed E-state index contributed by atoms with van der Waals surface area (Å²) in [5.41, 5.74) is 3.19. The zero-order valence-corrected chi connectivity index (χ0v) is 19.9. The third-order valence-electron chi connectivity index (χ3n) is 6.82. The molecule has 2 aromatic rings. The molecular weight excluding hydrogens is 436 g/mol. The second-order valence-corrected chi connectivity index (χ2v) is 9.25. The number of likely N-dealkylation sites (tertiary alicyclic amines) is 1. The Morgan fingerprint density at radius 3 is 2.88 bits per heavy atom. The molecule has 2 atom stereocenters. The van der Waals surface area contributed by atoms with Crippen molar-refractivity contribution in [1.29, 1.82) is 0 Å². The number of hydrogen-bond donors (Lipinski definition) is 3. The van der Waals surface area contributed by atoms with Crippen LogP contribution in [0.25, 0.3) is 11.3 Å². The van der Waals surface area contributed by atoms with Crippen molar-refractivity contribution < 1.29 is 24.5 Å². The Kier molecular flexibility index (Phi) is 7.84. The van der Waals surface area contributed by atoms with Gasteiger partial charge in [0.05, 0.1) is 13.7 Å². The third-order valence-corrected chi connectivity index (χ3v) is 6.82. The number of carboxylic acid groups (broad SMARTS) is 1. The number of anilines is 1. The molecule has 0 unspecified atom stereocenters. The highest BCUT2D eigenvalue weighted by Gasteiger charge is 2.30. The first-order valence-corrected chi connectivity index (χ1v) is 12.0. The van der Waals surface area contributed by atoms with Gasteiger partial charge in [0.2, 0.25) is 0 Å². The van der Waals surface area contributed by atoms with Crippen LogP contribution in [0.4, 0.5) is 5.82 Å². The van der Waals surface area contributed by atoms with Crippen LogP contribution in [0, 0.1) is 5.92 Å². The number of methoxy groups -OCH3 is 1. The van der Waals surface area contributed by atoms with E-state index in [1.165, 1.54) is 0 Å². The summed E-state index contributed by atoms with van der Waals surface area (Å²) in [6, 6.07) is 5.14. The van der Waals surface area contributed by atoms with Crippen LogP contribution in [0.1, 0.15) is 43.2 Å². The Hall–Kier alpha value is -2.91. The maximum atomic E-state index is 11.3. The van der Waals surface area contributed by atoms with Gasteiger partial charge >= 0.3 is 5.97 Å². The lowest BCUT2D eigenvalue weighted by atomic mass is 9.90. The number of carbonyl (C=O) groups is 1. The number of aliphatic carboxylic acids is 1. The molecule has 0 spiro atoms. The maximum absolute atomic E-state index is 11.3. The first-order chi connectivity index (χ1) is 16.5. The van der Waals surface area contributed by atoms with E-state index >= 15 is 0 Å². The number of aryl methyl sites for hydroxylation is 1. The van der Waals surface area contributed by atoms with E-state index in [9.17, 15) is 15.0 Å².